The van der Waals surface area contributed by atoms with Crippen LogP contribution >= 0.6 is 0 Å². The third-order valence-corrected chi connectivity index (χ3v) is 1.70. The molecule has 0 aromatic heterocycles. The zero-order chi connectivity index (χ0) is 6.53. The van der Waals surface area contributed by atoms with Gasteiger partial charge in [-0.2, -0.15) is 0 Å². The second-order valence-corrected chi connectivity index (χ2v) is 2.56. The summed E-state index contributed by atoms with van der Waals surface area (Å²) < 4.78 is 0. The van der Waals surface area contributed by atoms with Crippen molar-refractivity contribution in [3.05, 3.63) is 23.8 Å². The molecule has 0 saturated heterocycles. The summed E-state index contributed by atoms with van der Waals surface area (Å²) in [6.07, 6.45) is 11.8. The van der Waals surface area contributed by atoms with Gasteiger partial charge in [0.1, 0.15) is 0 Å². The Morgan fingerprint density at radius 3 is 2.80 bits per heavy atom. The van der Waals surface area contributed by atoms with Crippen LogP contribution in [0.15, 0.2) is 23.8 Å². The number of rotatable bonds is 3. The van der Waals surface area contributed by atoms with Crippen molar-refractivity contribution in [2.24, 2.45) is 0 Å². The minimum atomic E-state index is 0. The first kappa shape index (κ1) is 10.7. The summed E-state index contributed by atoms with van der Waals surface area (Å²) in [5.74, 6) is 0. The maximum absolute atomic E-state index is 2.25. The van der Waals surface area contributed by atoms with E-state index in [4.69, 9.17) is 0 Å². The SMILES string of the molecule is CCCCC1=CC=CC1.[Er]. The van der Waals surface area contributed by atoms with Crippen LogP contribution in [0.2, 0.25) is 0 Å². The van der Waals surface area contributed by atoms with E-state index in [1.807, 2.05) is 0 Å². The standard InChI is InChI=1S/C9H14.Er/c1-2-3-6-9-7-4-5-8-9;/h4-5,7H,2-3,6,8H2,1H3;. The van der Waals surface area contributed by atoms with E-state index in [2.05, 4.69) is 25.2 Å². The van der Waals surface area contributed by atoms with Gasteiger partial charge in [0.2, 0.25) is 0 Å². The second-order valence-electron chi connectivity index (χ2n) is 2.56. The topological polar surface area (TPSA) is 0 Å². The van der Waals surface area contributed by atoms with Crippen molar-refractivity contribution in [1.82, 2.24) is 0 Å². The van der Waals surface area contributed by atoms with E-state index in [0.717, 1.165) is 0 Å². The van der Waals surface area contributed by atoms with Crippen LogP contribution in [0.5, 0.6) is 0 Å². The molecule has 0 heterocycles. The van der Waals surface area contributed by atoms with Crippen LogP contribution in [0.3, 0.4) is 0 Å². The van der Waals surface area contributed by atoms with Gasteiger partial charge in [0.15, 0.2) is 0 Å². The molecule has 0 aliphatic heterocycles. The quantitative estimate of drug-likeness (QED) is 0.749. The fourth-order valence-corrected chi connectivity index (χ4v) is 1.08. The van der Waals surface area contributed by atoms with E-state index in [1.54, 1.807) is 5.57 Å². The van der Waals surface area contributed by atoms with E-state index in [0.29, 0.717) is 0 Å². The normalized spacial score (nSPS) is 14.7. The Bertz CT molecular complexity index is 134. The van der Waals surface area contributed by atoms with Gasteiger partial charge in [-0.1, -0.05) is 37.1 Å². The molecule has 0 aromatic rings. The second kappa shape index (κ2) is 6.44. The van der Waals surface area contributed by atoms with Crippen molar-refractivity contribution in [2.75, 3.05) is 0 Å². The smallest absolute Gasteiger partial charge is 0 e. The van der Waals surface area contributed by atoms with Gasteiger partial charge in [-0.05, 0) is 19.3 Å². The Morgan fingerprint density at radius 2 is 2.30 bits per heavy atom. The van der Waals surface area contributed by atoms with Gasteiger partial charge in [-0.15, -0.1) is 0 Å². The van der Waals surface area contributed by atoms with Crippen LogP contribution in [-0.2, 0) is 0 Å². The molecule has 1 aliphatic carbocycles. The van der Waals surface area contributed by atoms with Crippen LogP contribution in [0.1, 0.15) is 32.6 Å². The zero-order valence-corrected chi connectivity index (χ0v) is 8.20. The molecule has 1 heteroatoms. The molecule has 0 N–H and O–H groups in total. The molecule has 10 heavy (non-hydrogen) atoms. The molecule has 62 valence electrons. The molecule has 0 fully saturated rings. The van der Waals surface area contributed by atoms with Crippen LogP contribution in [0.4, 0.5) is 0 Å². The molecule has 0 radical (unpaired) electrons. The fourth-order valence-electron chi connectivity index (χ4n) is 1.08. The van der Waals surface area contributed by atoms with E-state index in [9.17, 15) is 0 Å². The first-order chi connectivity index (χ1) is 4.43. The van der Waals surface area contributed by atoms with Gasteiger partial charge >= 0.3 is 0 Å². The Balaban J connectivity index is 0.000000810. The van der Waals surface area contributed by atoms with E-state index >= 15 is 0 Å². The molecule has 0 spiro atoms. The molecule has 0 atom stereocenters. The number of hydrogen-bond acceptors (Lipinski definition) is 0. The van der Waals surface area contributed by atoms with Crippen LogP contribution in [-0.4, -0.2) is 0 Å². The van der Waals surface area contributed by atoms with Crippen LogP contribution in [0, 0.1) is 37.3 Å². The third kappa shape index (κ3) is 3.79. The predicted octanol–water partition coefficient (Wildman–Crippen LogP) is 3.06. The van der Waals surface area contributed by atoms with Gasteiger partial charge in [0, 0.05) is 37.3 Å². The summed E-state index contributed by atoms with van der Waals surface area (Å²) in [5.41, 5.74) is 1.61. The molecule has 1 aliphatic rings. The Hall–Kier alpha value is 0.727. The molecular weight excluding hydrogens is 275 g/mol. The summed E-state index contributed by atoms with van der Waals surface area (Å²) in [7, 11) is 0. The molecule has 0 nitrogen and oxygen atoms in total. The summed E-state index contributed by atoms with van der Waals surface area (Å²) in [6.45, 7) is 2.24. The molecule has 0 bridgehead atoms. The summed E-state index contributed by atoms with van der Waals surface area (Å²) in [5, 5.41) is 0. The molecule has 0 aromatic carbocycles. The van der Waals surface area contributed by atoms with Gasteiger partial charge in [-0.25, -0.2) is 0 Å². The van der Waals surface area contributed by atoms with Crippen molar-refractivity contribution < 1.29 is 37.3 Å². The number of hydrogen-bond donors (Lipinski definition) is 0. The first-order valence-electron chi connectivity index (χ1n) is 3.78. The molecule has 0 unspecified atom stereocenters. The Labute approximate surface area is 93.0 Å². The number of unbranched alkanes of at least 4 members (excludes halogenated alkanes) is 1. The van der Waals surface area contributed by atoms with Crippen LogP contribution < -0.4 is 0 Å². The fraction of sp³-hybridized carbons (Fsp3) is 0.556. The molecule has 0 amide bonds. The molecule has 1 rings (SSSR count). The van der Waals surface area contributed by atoms with Crippen molar-refractivity contribution >= 4 is 0 Å². The van der Waals surface area contributed by atoms with Crippen LogP contribution in [0.25, 0.3) is 0 Å². The maximum atomic E-state index is 2.25. The van der Waals surface area contributed by atoms with Gasteiger partial charge in [0.05, 0.1) is 0 Å². The van der Waals surface area contributed by atoms with Gasteiger partial charge < -0.3 is 0 Å². The average molecular weight is 289 g/mol. The van der Waals surface area contributed by atoms with E-state index in [-0.39, 0.29) is 37.3 Å². The van der Waals surface area contributed by atoms with E-state index < -0.39 is 0 Å². The summed E-state index contributed by atoms with van der Waals surface area (Å²) in [4.78, 5) is 0. The summed E-state index contributed by atoms with van der Waals surface area (Å²) in [6, 6.07) is 0. The van der Waals surface area contributed by atoms with Gasteiger partial charge in [-0.3, -0.25) is 0 Å². The summed E-state index contributed by atoms with van der Waals surface area (Å²) >= 11 is 0. The van der Waals surface area contributed by atoms with E-state index in [1.165, 1.54) is 25.7 Å². The Kier molecular flexibility index (Phi) is 6.91. The maximum Gasteiger partial charge on any atom is 0 e. The van der Waals surface area contributed by atoms with Crippen molar-refractivity contribution in [2.45, 2.75) is 32.6 Å². The first-order valence-corrected chi connectivity index (χ1v) is 3.78. The monoisotopic (exact) mass is 288 g/mol. The largest absolute Gasteiger partial charge is 0.0805 e. The minimum absolute atomic E-state index is 0. The van der Waals surface area contributed by atoms with Crippen molar-refractivity contribution in [1.29, 1.82) is 0 Å². The van der Waals surface area contributed by atoms with Crippen molar-refractivity contribution in [3.63, 3.8) is 0 Å². The average Bonchev–Trinajstić information content (AvgIpc) is 2.34. The molecule has 0 saturated carbocycles. The minimum Gasteiger partial charge on any atom is -0.0805 e. The Morgan fingerprint density at radius 1 is 1.50 bits per heavy atom. The van der Waals surface area contributed by atoms with Crippen molar-refractivity contribution in [3.8, 4) is 0 Å². The zero-order valence-electron chi connectivity index (χ0n) is 6.35. The molecular formula is C9H14Er. The predicted molar refractivity (Wildman–Crippen MR) is 41.4 cm³/mol. The van der Waals surface area contributed by atoms with Gasteiger partial charge in [0.25, 0.3) is 0 Å². The third-order valence-electron chi connectivity index (χ3n) is 1.70. The number of allylic oxidation sites excluding steroid dienone is 4.